The maximum Gasteiger partial charge on any atom is 0.0340 e. The van der Waals surface area contributed by atoms with Crippen LogP contribution in [-0.4, -0.2) is 31.6 Å². The zero-order valence-electron chi connectivity index (χ0n) is 8.21. The van der Waals surface area contributed by atoms with Crippen molar-refractivity contribution in [1.82, 2.24) is 10.3 Å². The molecule has 0 spiro atoms. The topological polar surface area (TPSA) is 41.3 Å². The molecular formula is C9H21N3. The maximum absolute atomic E-state index is 5.47. The van der Waals surface area contributed by atoms with E-state index in [0.29, 0.717) is 6.04 Å². The first kappa shape index (κ1) is 9.96. The normalized spacial score (nSPS) is 21.0. The molecule has 0 aromatic heterocycles. The van der Waals surface area contributed by atoms with Crippen LogP contribution in [0, 0.1) is 5.92 Å². The van der Waals surface area contributed by atoms with Crippen molar-refractivity contribution < 1.29 is 0 Å². The molecule has 72 valence electrons. The predicted octanol–water partition coefficient (Wildman–Crippen LogP) is 0.570. The molecule has 0 aromatic carbocycles. The van der Waals surface area contributed by atoms with Crippen LogP contribution < -0.4 is 11.3 Å². The third kappa shape index (κ3) is 3.09. The highest BCUT2D eigenvalue weighted by atomic mass is 15.3. The number of likely N-dealkylation sites (N-methyl/N-ethyl adjacent to an activating group) is 1. The fraction of sp³-hybridized carbons (Fsp3) is 1.00. The molecule has 1 fully saturated rings. The van der Waals surface area contributed by atoms with Gasteiger partial charge in [-0.1, -0.05) is 19.3 Å². The second-order valence-electron chi connectivity index (χ2n) is 4.16. The molecule has 1 rings (SSSR count). The molecule has 0 heterocycles. The Morgan fingerprint density at radius 2 is 2.17 bits per heavy atom. The maximum atomic E-state index is 5.47. The minimum absolute atomic E-state index is 0.477. The Labute approximate surface area is 75.3 Å². The molecule has 0 bridgehead atoms. The van der Waals surface area contributed by atoms with Gasteiger partial charge in [0.05, 0.1) is 0 Å². The monoisotopic (exact) mass is 171 g/mol. The van der Waals surface area contributed by atoms with Crippen LogP contribution in [0.5, 0.6) is 0 Å². The minimum atomic E-state index is 0.477. The minimum Gasteiger partial charge on any atom is -0.308 e. The molecule has 1 aliphatic rings. The van der Waals surface area contributed by atoms with Crippen LogP contribution in [0.15, 0.2) is 0 Å². The summed E-state index contributed by atoms with van der Waals surface area (Å²) in [5.74, 6) is 6.41. The average Bonchev–Trinajstić information content (AvgIpc) is 1.93. The highest BCUT2D eigenvalue weighted by Gasteiger charge is 2.21. The first-order valence-electron chi connectivity index (χ1n) is 4.83. The Morgan fingerprint density at radius 1 is 1.50 bits per heavy atom. The third-order valence-electron chi connectivity index (χ3n) is 2.66. The molecule has 1 aliphatic carbocycles. The molecule has 3 nitrogen and oxygen atoms in total. The van der Waals surface area contributed by atoms with E-state index in [2.05, 4.69) is 24.4 Å². The number of hydrazine groups is 1. The van der Waals surface area contributed by atoms with Crippen molar-refractivity contribution in [2.45, 2.75) is 31.7 Å². The van der Waals surface area contributed by atoms with Crippen molar-refractivity contribution in [3.05, 3.63) is 0 Å². The first-order chi connectivity index (χ1) is 5.72. The lowest BCUT2D eigenvalue weighted by molar-refractivity contribution is 0.232. The second-order valence-corrected chi connectivity index (χ2v) is 4.16. The van der Waals surface area contributed by atoms with Crippen LogP contribution in [0.2, 0.25) is 0 Å². The van der Waals surface area contributed by atoms with E-state index >= 15 is 0 Å². The van der Waals surface area contributed by atoms with Crippen molar-refractivity contribution in [1.29, 1.82) is 0 Å². The number of hydrogen-bond acceptors (Lipinski definition) is 3. The highest BCUT2D eigenvalue weighted by Crippen LogP contribution is 2.30. The Kier molecular flexibility index (Phi) is 3.98. The van der Waals surface area contributed by atoms with E-state index in [9.17, 15) is 0 Å². The Hall–Kier alpha value is -0.120. The number of nitrogens with two attached hydrogens (primary N) is 1. The van der Waals surface area contributed by atoms with Crippen LogP contribution >= 0.6 is 0 Å². The summed E-state index contributed by atoms with van der Waals surface area (Å²) in [6.07, 6.45) is 5.48. The molecule has 3 N–H and O–H groups in total. The zero-order chi connectivity index (χ0) is 8.97. The van der Waals surface area contributed by atoms with Crippen LogP contribution in [0.3, 0.4) is 0 Å². The molecule has 0 aromatic rings. The van der Waals surface area contributed by atoms with Gasteiger partial charge in [0.1, 0.15) is 0 Å². The van der Waals surface area contributed by atoms with Crippen molar-refractivity contribution in [2.75, 3.05) is 20.6 Å². The van der Waals surface area contributed by atoms with E-state index in [0.717, 1.165) is 12.5 Å². The van der Waals surface area contributed by atoms with E-state index in [-0.39, 0.29) is 0 Å². The smallest absolute Gasteiger partial charge is 0.0340 e. The van der Waals surface area contributed by atoms with Crippen LogP contribution in [0.4, 0.5) is 0 Å². The van der Waals surface area contributed by atoms with Gasteiger partial charge in [-0.15, -0.1) is 0 Å². The van der Waals surface area contributed by atoms with Crippen molar-refractivity contribution in [2.24, 2.45) is 11.8 Å². The van der Waals surface area contributed by atoms with Crippen LogP contribution in [-0.2, 0) is 0 Å². The van der Waals surface area contributed by atoms with Crippen molar-refractivity contribution in [3.63, 3.8) is 0 Å². The summed E-state index contributed by atoms with van der Waals surface area (Å²) < 4.78 is 0. The van der Waals surface area contributed by atoms with E-state index < -0.39 is 0 Å². The SMILES string of the molecule is CN(C)CC(CC1CCC1)NN. The molecule has 1 saturated carbocycles. The van der Waals surface area contributed by atoms with Gasteiger partial charge in [-0.2, -0.15) is 0 Å². The van der Waals surface area contributed by atoms with E-state index in [4.69, 9.17) is 5.84 Å². The number of nitrogens with one attached hydrogen (secondary N) is 1. The van der Waals surface area contributed by atoms with E-state index in [1.165, 1.54) is 25.7 Å². The Morgan fingerprint density at radius 3 is 2.50 bits per heavy atom. The Bertz CT molecular complexity index is 121. The summed E-state index contributed by atoms with van der Waals surface area (Å²) in [5.41, 5.74) is 2.89. The fourth-order valence-electron chi connectivity index (χ4n) is 1.77. The summed E-state index contributed by atoms with van der Waals surface area (Å²) in [6.45, 7) is 1.05. The number of nitrogens with zero attached hydrogens (tertiary/aromatic N) is 1. The molecule has 3 heteroatoms. The van der Waals surface area contributed by atoms with Gasteiger partial charge in [-0.3, -0.25) is 11.3 Å². The summed E-state index contributed by atoms with van der Waals surface area (Å²) in [4.78, 5) is 2.18. The lowest BCUT2D eigenvalue weighted by Gasteiger charge is -2.30. The van der Waals surface area contributed by atoms with Gasteiger partial charge in [0.25, 0.3) is 0 Å². The second kappa shape index (κ2) is 4.80. The summed E-state index contributed by atoms with van der Waals surface area (Å²) in [6, 6.07) is 0.477. The van der Waals surface area contributed by atoms with Crippen LogP contribution in [0.25, 0.3) is 0 Å². The van der Waals surface area contributed by atoms with Gasteiger partial charge in [-0.05, 0) is 26.4 Å². The van der Waals surface area contributed by atoms with Crippen molar-refractivity contribution >= 4 is 0 Å². The Balaban J connectivity index is 2.15. The molecule has 0 radical (unpaired) electrons. The first-order valence-corrected chi connectivity index (χ1v) is 4.83. The summed E-state index contributed by atoms with van der Waals surface area (Å²) >= 11 is 0. The van der Waals surface area contributed by atoms with E-state index in [1.54, 1.807) is 0 Å². The van der Waals surface area contributed by atoms with Gasteiger partial charge >= 0.3 is 0 Å². The summed E-state index contributed by atoms with van der Waals surface area (Å²) in [7, 11) is 4.18. The quantitative estimate of drug-likeness (QED) is 0.469. The molecule has 0 amide bonds. The zero-order valence-corrected chi connectivity index (χ0v) is 8.21. The number of hydrogen-bond donors (Lipinski definition) is 2. The lowest BCUT2D eigenvalue weighted by atomic mass is 9.81. The van der Waals surface area contributed by atoms with Gasteiger partial charge in [0.15, 0.2) is 0 Å². The van der Waals surface area contributed by atoms with Crippen molar-refractivity contribution in [3.8, 4) is 0 Å². The van der Waals surface area contributed by atoms with Gasteiger partial charge in [-0.25, -0.2) is 0 Å². The largest absolute Gasteiger partial charge is 0.308 e. The third-order valence-corrected chi connectivity index (χ3v) is 2.66. The number of rotatable bonds is 5. The van der Waals surface area contributed by atoms with E-state index in [1.807, 2.05) is 0 Å². The lowest BCUT2D eigenvalue weighted by Crippen LogP contribution is -2.44. The van der Waals surface area contributed by atoms with Crippen LogP contribution in [0.1, 0.15) is 25.7 Å². The van der Waals surface area contributed by atoms with Gasteiger partial charge in [0, 0.05) is 12.6 Å². The molecule has 1 atom stereocenters. The molecule has 0 aliphatic heterocycles. The standard InChI is InChI=1S/C9H21N3/c1-12(2)7-9(11-10)6-8-4-3-5-8/h8-9,11H,3-7,10H2,1-2H3. The highest BCUT2D eigenvalue weighted by molar-refractivity contribution is 4.77. The molecule has 12 heavy (non-hydrogen) atoms. The molecular weight excluding hydrogens is 150 g/mol. The van der Waals surface area contributed by atoms with Gasteiger partial charge in [0.2, 0.25) is 0 Å². The average molecular weight is 171 g/mol. The molecule has 0 saturated heterocycles. The van der Waals surface area contributed by atoms with Gasteiger partial charge < -0.3 is 4.90 Å². The predicted molar refractivity (Wildman–Crippen MR) is 51.6 cm³/mol. The molecule has 1 unspecified atom stereocenters. The summed E-state index contributed by atoms with van der Waals surface area (Å²) in [5, 5.41) is 0. The fourth-order valence-corrected chi connectivity index (χ4v) is 1.77.